The minimum absolute atomic E-state index is 0.136. The standard InChI is InChI=1S/C45H35N3/c1-4-15-31(16-5-1)42-46-43(32-17-6-2-7-18-32)48-44(47-42)39-23-9-8-21-36(39)35-20-14-19-33(29-35)34-25-26-38-37-22-10-11-24-40(37)45(41(38)30-34)27-12-3-13-28-45/h1-2,4-11,14-26,29-30H,3,12-13,27-28H2/i3D2,10D,11D,22D,24D,25D,26D,27D2,28D2,30D. The molecule has 0 bridgehead atoms. The topological polar surface area (TPSA) is 38.7 Å². The Kier molecular flexibility index (Phi) is 4.45. The van der Waals surface area contributed by atoms with E-state index in [1.807, 2.05) is 91.0 Å². The van der Waals surface area contributed by atoms with E-state index in [9.17, 15) is 9.60 Å². The van der Waals surface area contributed by atoms with E-state index in [4.69, 9.17) is 23.2 Å². The van der Waals surface area contributed by atoms with Gasteiger partial charge in [0, 0.05) is 30.3 Å². The lowest BCUT2D eigenvalue weighted by Gasteiger charge is -2.36. The number of fused-ring (bicyclic) bond motifs is 5. The van der Waals surface area contributed by atoms with Crippen LogP contribution in [-0.4, -0.2) is 15.0 Å². The van der Waals surface area contributed by atoms with Crippen molar-refractivity contribution in [1.29, 1.82) is 0 Å². The maximum atomic E-state index is 9.83. The third kappa shape index (κ3) is 4.86. The molecule has 1 heterocycles. The van der Waals surface area contributed by atoms with E-state index in [1.54, 1.807) is 18.2 Å². The van der Waals surface area contributed by atoms with Crippen LogP contribution in [0.3, 0.4) is 0 Å². The third-order valence-corrected chi connectivity index (χ3v) is 8.79. The number of benzene rings is 6. The summed E-state index contributed by atoms with van der Waals surface area (Å²) in [5.41, 5.74) is -0.571. The Hall–Kier alpha value is -5.67. The molecule has 0 radical (unpaired) electrons. The first-order valence-electron chi connectivity index (χ1n) is 22.2. The lowest BCUT2D eigenvalue weighted by Crippen LogP contribution is -2.28. The van der Waals surface area contributed by atoms with Crippen LogP contribution in [0.25, 0.3) is 67.5 Å². The van der Waals surface area contributed by atoms with E-state index in [1.165, 1.54) is 0 Å². The first-order valence-corrected chi connectivity index (χ1v) is 15.7. The lowest BCUT2D eigenvalue weighted by atomic mass is 9.67. The summed E-state index contributed by atoms with van der Waals surface area (Å²) in [7, 11) is 0. The molecule has 0 aliphatic heterocycles. The zero-order valence-electron chi connectivity index (χ0n) is 38.6. The van der Waals surface area contributed by atoms with Crippen molar-refractivity contribution in [3.63, 3.8) is 0 Å². The quantitative estimate of drug-likeness (QED) is 0.190. The molecule has 2 aliphatic rings. The van der Waals surface area contributed by atoms with Gasteiger partial charge in [-0.15, -0.1) is 0 Å². The highest BCUT2D eigenvalue weighted by molar-refractivity contribution is 5.87. The van der Waals surface area contributed by atoms with E-state index in [0.717, 1.165) is 11.1 Å². The van der Waals surface area contributed by atoms with Gasteiger partial charge in [-0.3, -0.25) is 0 Å². The van der Waals surface area contributed by atoms with Crippen molar-refractivity contribution in [2.75, 3.05) is 0 Å². The Morgan fingerprint density at radius 3 is 1.79 bits per heavy atom. The highest BCUT2D eigenvalue weighted by Gasteiger charge is 2.43. The Morgan fingerprint density at radius 1 is 0.479 bits per heavy atom. The molecule has 6 aromatic carbocycles. The summed E-state index contributed by atoms with van der Waals surface area (Å²) >= 11 is 0. The van der Waals surface area contributed by atoms with Gasteiger partial charge in [0.2, 0.25) is 0 Å². The molecule has 2 aliphatic carbocycles. The van der Waals surface area contributed by atoms with Crippen LogP contribution in [0.5, 0.6) is 0 Å². The van der Waals surface area contributed by atoms with Gasteiger partial charge in [-0.25, -0.2) is 15.0 Å². The summed E-state index contributed by atoms with van der Waals surface area (Å²) < 4.78 is 119. The Labute approximate surface area is 300 Å². The predicted octanol–water partition coefficient (Wildman–Crippen LogP) is 11.4. The molecule has 1 fully saturated rings. The molecule has 1 aromatic heterocycles. The number of hydrogen-bond acceptors (Lipinski definition) is 3. The zero-order valence-corrected chi connectivity index (χ0v) is 25.6. The number of rotatable bonds is 5. The fraction of sp³-hybridized carbons (Fsp3) is 0.133. The second-order valence-electron chi connectivity index (χ2n) is 11.6. The maximum absolute atomic E-state index is 9.83. The Bertz CT molecular complexity index is 2860. The van der Waals surface area contributed by atoms with Gasteiger partial charge in [0.05, 0.1) is 9.60 Å². The van der Waals surface area contributed by atoms with Crippen molar-refractivity contribution in [2.24, 2.45) is 0 Å². The van der Waals surface area contributed by atoms with Gasteiger partial charge in [-0.2, -0.15) is 0 Å². The van der Waals surface area contributed by atoms with Crippen LogP contribution in [0.15, 0.2) is 151 Å². The van der Waals surface area contributed by atoms with Crippen LogP contribution >= 0.6 is 0 Å². The average Bonchev–Trinajstić information content (AvgIpc) is 3.59. The van der Waals surface area contributed by atoms with E-state index in [2.05, 4.69) is 0 Å². The van der Waals surface area contributed by atoms with Crippen LogP contribution in [0.4, 0.5) is 0 Å². The van der Waals surface area contributed by atoms with Gasteiger partial charge in [0.15, 0.2) is 17.5 Å². The maximum Gasteiger partial charge on any atom is 0.164 e. The molecule has 230 valence electrons. The predicted molar refractivity (Wildman–Crippen MR) is 196 cm³/mol. The number of hydrogen-bond donors (Lipinski definition) is 0. The van der Waals surface area contributed by atoms with E-state index >= 15 is 0 Å². The summed E-state index contributed by atoms with van der Waals surface area (Å²) in [5.74, 6) is 1.29. The molecule has 48 heavy (non-hydrogen) atoms. The van der Waals surface area contributed by atoms with Crippen molar-refractivity contribution in [2.45, 2.75) is 37.4 Å². The summed E-state index contributed by atoms with van der Waals surface area (Å²) in [4.78, 5) is 14.6. The van der Waals surface area contributed by atoms with Crippen molar-refractivity contribution in [3.05, 3.63) is 163 Å². The molecular formula is C45H35N3. The first-order chi connectivity index (χ1) is 28.9. The van der Waals surface area contributed by atoms with Crippen LogP contribution in [0.1, 0.15) is 60.9 Å². The van der Waals surface area contributed by atoms with Crippen molar-refractivity contribution < 1.29 is 17.8 Å². The molecular weight excluding hydrogens is 583 g/mol. The average molecular weight is 631 g/mol. The van der Waals surface area contributed by atoms with Crippen LogP contribution in [0, 0.1) is 0 Å². The van der Waals surface area contributed by atoms with Gasteiger partial charge in [-0.05, 0) is 69.4 Å². The molecule has 3 nitrogen and oxygen atoms in total. The van der Waals surface area contributed by atoms with Crippen LogP contribution in [0.2, 0.25) is 0 Å². The molecule has 9 rings (SSSR count). The van der Waals surface area contributed by atoms with Crippen molar-refractivity contribution in [3.8, 4) is 67.5 Å². The zero-order chi connectivity index (χ0) is 43.4. The molecule has 7 aromatic rings. The molecule has 0 saturated heterocycles. The molecule has 0 unspecified atom stereocenters. The van der Waals surface area contributed by atoms with Crippen LogP contribution < -0.4 is 0 Å². The van der Waals surface area contributed by atoms with Gasteiger partial charge in [0.1, 0.15) is 0 Å². The highest BCUT2D eigenvalue weighted by Crippen LogP contribution is 2.56. The van der Waals surface area contributed by atoms with Gasteiger partial charge in [-0.1, -0.05) is 159 Å². The molecule has 1 spiro atoms. The van der Waals surface area contributed by atoms with E-state index < -0.39 is 90.8 Å². The fourth-order valence-electron chi connectivity index (χ4n) is 6.50. The number of nitrogens with zero attached hydrogens (tertiary/aromatic N) is 3. The van der Waals surface area contributed by atoms with Gasteiger partial charge >= 0.3 is 0 Å². The highest BCUT2D eigenvalue weighted by atomic mass is 15.0. The number of aromatic nitrogens is 3. The first kappa shape index (κ1) is 18.0. The minimum atomic E-state index is -2.87. The van der Waals surface area contributed by atoms with Crippen LogP contribution in [-0.2, 0) is 5.41 Å². The Morgan fingerprint density at radius 2 is 1.06 bits per heavy atom. The molecule has 3 heteroatoms. The minimum Gasteiger partial charge on any atom is -0.208 e. The summed E-state index contributed by atoms with van der Waals surface area (Å²) in [6.07, 6.45) is -9.81. The van der Waals surface area contributed by atoms with E-state index in [-0.39, 0.29) is 22.3 Å². The summed E-state index contributed by atoms with van der Waals surface area (Å²) in [6.45, 7) is 0. The summed E-state index contributed by atoms with van der Waals surface area (Å²) in [6, 6.07) is 28.9. The second kappa shape index (κ2) is 11.8. The molecule has 0 amide bonds. The molecule has 1 saturated carbocycles. The smallest absolute Gasteiger partial charge is 0.164 e. The normalized spacial score (nSPS) is 21.5. The third-order valence-electron chi connectivity index (χ3n) is 8.79. The SMILES string of the molecule is [2H]c1c([2H])c([2H])c2c(c1[2H])-c1c([2H])c([2H])c(-c3cccc(-c4ccccc4-c4nc(-c5ccccc5)nc(-c5ccccc5)n4)c3)c([2H])c1C21C([2H])([2H])CC([2H])([2H])CC1([2H])[2H]. The second-order valence-corrected chi connectivity index (χ2v) is 11.6. The molecule has 0 atom stereocenters. The van der Waals surface area contributed by atoms with Crippen molar-refractivity contribution >= 4 is 0 Å². The monoisotopic (exact) mass is 630 g/mol. The van der Waals surface area contributed by atoms with Gasteiger partial charge < -0.3 is 0 Å². The Balaban J connectivity index is 1.28. The van der Waals surface area contributed by atoms with Gasteiger partial charge in [0.25, 0.3) is 0 Å². The van der Waals surface area contributed by atoms with E-state index in [0.29, 0.717) is 34.2 Å². The summed E-state index contributed by atoms with van der Waals surface area (Å²) in [5, 5.41) is 0. The lowest BCUT2D eigenvalue weighted by molar-refractivity contribution is 0.353. The largest absolute Gasteiger partial charge is 0.208 e. The van der Waals surface area contributed by atoms with Crippen molar-refractivity contribution in [1.82, 2.24) is 15.0 Å². The fourth-order valence-corrected chi connectivity index (χ4v) is 6.50. The molecule has 0 N–H and O–H groups in total.